The molecule has 0 spiro atoms. The number of piperidine rings is 1. The molecule has 0 aliphatic carbocycles. The Hall–Kier alpha value is -1.02. The minimum absolute atomic E-state index is 0.179. The Morgan fingerprint density at radius 1 is 1.17 bits per heavy atom. The van der Waals surface area contributed by atoms with Crippen molar-refractivity contribution in [3.05, 3.63) is 29.8 Å². The van der Waals surface area contributed by atoms with Crippen LogP contribution >= 0.6 is 0 Å². The molecule has 2 N–H and O–H groups in total. The summed E-state index contributed by atoms with van der Waals surface area (Å²) in [4.78, 5) is 2.51. The molecule has 2 nitrogen and oxygen atoms in total. The molecule has 0 bridgehead atoms. The van der Waals surface area contributed by atoms with Gasteiger partial charge in [-0.1, -0.05) is 32.9 Å². The largest absolute Gasteiger partial charge is 0.371 e. The smallest absolute Gasteiger partial charge is 0.0366 e. The van der Waals surface area contributed by atoms with E-state index in [1.165, 1.54) is 30.8 Å². The van der Waals surface area contributed by atoms with Gasteiger partial charge in [-0.3, -0.25) is 0 Å². The molecule has 100 valence electrons. The number of anilines is 1. The van der Waals surface area contributed by atoms with Gasteiger partial charge < -0.3 is 10.6 Å². The summed E-state index contributed by atoms with van der Waals surface area (Å²) in [7, 11) is 0. The van der Waals surface area contributed by atoms with E-state index in [1.54, 1.807) is 0 Å². The van der Waals surface area contributed by atoms with Crippen molar-refractivity contribution in [3.8, 4) is 0 Å². The van der Waals surface area contributed by atoms with Crippen molar-refractivity contribution in [3.63, 3.8) is 0 Å². The molecule has 0 saturated carbocycles. The third-order valence-corrected chi connectivity index (χ3v) is 4.00. The van der Waals surface area contributed by atoms with Crippen LogP contribution in [0, 0.1) is 11.8 Å². The van der Waals surface area contributed by atoms with E-state index in [1.807, 2.05) is 0 Å². The second-order valence-corrected chi connectivity index (χ2v) is 5.96. The quantitative estimate of drug-likeness (QED) is 0.883. The number of nitrogens with two attached hydrogens (primary N) is 1. The average molecular weight is 246 g/mol. The van der Waals surface area contributed by atoms with Crippen LogP contribution in [0.2, 0.25) is 0 Å². The number of benzene rings is 1. The van der Waals surface area contributed by atoms with Gasteiger partial charge in [-0.15, -0.1) is 0 Å². The van der Waals surface area contributed by atoms with E-state index in [9.17, 15) is 0 Å². The lowest BCUT2D eigenvalue weighted by molar-refractivity contribution is 0.357. The minimum Gasteiger partial charge on any atom is -0.371 e. The molecule has 1 aromatic carbocycles. The lowest BCUT2D eigenvalue weighted by atomic mass is 9.91. The summed E-state index contributed by atoms with van der Waals surface area (Å²) in [5, 5.41) is 0. The molecular weight excluding hydrogens is 220 g/mol. The topological polar surface area (TPSA) is 29.3 Å². The van der Waals surface area contributed by atoms with E-state index in [2.05, 4.69) is 49.9 Å². The molecule has 1 aliphatic heterocycles. The van der Waals surface area contributed by atoms with Gasteiger partial charge in [-0.25, -0.2) is 0 Å². The molecule has 1 saturated heterocycles. The summed E-state index contributed by atoms with van der Waals surface area (Å²) >= 11 is 0. The Morgan fingerprint density at radius 3 is 2.22 bits per heavy atom. The van der Waals surface area contributed by atoms with E-state index in [4.69, 9.17) is 5.73 Å². The summed E-state index contributed by atoms with van der Waals surface area (Å²) in [6.07, 6.45) is 2.35. The third-order valence-electron chi connectivity index (χ3n) is 4.00. The Kier molecular flexibility index (Phi) is 4.28. The van der Waals surface area contributed by atoms with Crippen LogP contribution < -0.4 is 10.6 Å². The zero-order chi connectivity index (χ0) is 13.1. The van der Waals surface area contributed by atoms with Crippen molar-refractivity contribution in [1.82, 2.24) is 0 Å². The molecule has 0 amide bonds. The van der Waals surface area contributed by atoms with E-state index in [-0.39, 0.29) is 6.04 Å². The standard InChI is InChI=1S/C16H26N2/c1-4-16(17)14-5-7-15(8-6-14)18-10-12(2)9-13(3)11-18/h5-8,12-13,16H,4,9-11,17H2,1-3H3/t12?,13?,16-/m0/s1. The summed E-state index contributed by atoms with van der Waals surface area (Å²) in [6, 6.07) is 9.02. The van der Waals surface area contributed by atoms with E-state index >= 15 is 0 Å². The fourth-order valence-corrected chi connectivity index (χ4v) is 3.04. The van der Waals surface area contributed by atoms with Crippen LogP contribution in [0.1, 0.15) is 45.2 Å². The Morgan fingerprint density at radius 2 is 1.72 bits per heavy atom. The van der Waals surface area contributed by atoms with Crippen molar-refractivity contribution in [2.24, 2.45) is 17.6 Å². The molecule has 1 aliphatic rings. The molecule has 1 aromatic rings. The Balaban J connectivity index is 2.09. The second kappa shape index (κ2) is 5.75. The van der Waals surface area contributed by atoms with Crippen molar-refractivity contribution in [2.45, 2.75) is 39.7 Å². The van der Waals surface area contributed by atoms with Gasteiger partial charge in [0, 0.05) is 24.8 Å². The fraction of sp³-hybridized carbons (Fsp3) is 0.625. The summed E-state index contributed by atoms with van der Waals surface area (Å²) in [5.41, 5.74) is 8.65. The fourth-order valence-electron chi connectivity index (χ4n) is 3.04. The molecule has 1 fully saturated rings. The molecule has 1 heterocycles. The number of rotatable bonds is 3. The normalized spacial score (nSPS) is 26.1. The van der Waals surface area contributed by atoms with E-state index in [0.29, 0.717) is 0 Å². The molecule has 0 aromatic heterocycles. The highest BCUT2D eigenvalue weighted by atomic mass is 15.1. The van der Waals surface area contributed by atoms with Crippen molar-refractivity contribution >= 4 is 5.69 Å². The van der Waals surface area contributed by atoms with Gasteiger partial charge in [-0.2, -0.15) is 0 Å². The van der Waals surface area contributed by atoms with Crippen LogP contribution in [0.4, 0.5) is 5.69 Å². The van der Waals surface area contributed by atoms with Crippen LogP contribution in [-0.2, 0) is 0 Å². The first-order valence-electron chi connectivity index (χ1n) is 7.20. The van der Waals surface area contributed by atoms with Gasteiger partial charge in [0.25, 0.3) is 0 Å². The molecule has 2 rings (SSSR count). The zero-order valence-corrected chi connectivity index (χ0v) is 11.9. The summed E-state index contributed by atoms with van der Waals surface area (Å²) < 4.78 is 0. The van der Waals surface area contributed by atoms with Gasteiger partial charge in [0.1, 0.15) is 0 Å². The molecule has 18 heavy (non-hydrogen) atoms. The van der Waals surface area contributed by atoms with Crippen LogP contribution in [0.3, 0.4) is 0 Å². The van der Waals surface area contributed by atoms with Crippen molar-refractivity contribution in [2.75, 3.05) is 18.0 Å². The van der Waals surface area contributed by atoms with Gasteiger partial charge in [0.05, 0.1) is 0 Å². The van der Waals surface area contributed by atoms with Crippen molar-refractivity contribution < 1.29 is 0 Å². The van der Waals surface area contributed by atoms with Crippen molar-refractivity contribution in [1.29, 1.82) is 0 Å². The second-order valence-electron chi connectivity index (χ2n) is 5.96. The first-order chi connectivity index (χ1) is 8.60. The molecule has 0 radical (unpaired) electrons. The highest BCUT2D eigenvalue weighted by Crippen LogP contribution is 2.27. The van der Waals surface area contributed by atoms with E-state index in [0.717, 1.165) is 18.3 Å². The number of nitrogens with zero attached hydrogens (tertiary/aromatic N) is 1. The monoisotopic (exact) mass is 246 g/mol. The van der Waals surface area contributed by atoms with Gasteiger partial charge in [0.2, 0.25) is 0 Å². The first kappa shape index (κ1) is 13.4. The Bertz CT molecular complexity index is 361. The molecular formula is C16H26N2. The highest BCUT2D eigenvalue weighted by molar-refractivity contribution is 5.48. The number of hydrogen-bond donors (Lipinski definition) is 1. The lowest BCUT2D eigenvalue weighted by Crippen LogP contribution is -2.38. The molecule has 2 heteroatoms. The van der Waals surface area contributed by atoms with E-state index < -0.39 is 0 Å². The predicted octanol–water partition coefficient (Wildman–Crippen LogP) is 3.58. The van der Waals surface area contributed by atoms with Crippen LogP contribution in [0.15, 0.2) is 24.3 Å². The van der Waals surface area contributed by atoms with Gasteiger partial charge >= 0.3 is 0 Å². The molecule has 3 atom stereocenters. The molecule has 2 unspecified atom stereocenters. The predicted molar refractivity (Wildman–Crippen MR) is 78.8 cm³/mol. The highest BCUT2D eigenvalue weighted by Gasteiger charge is 2.21. The van der Waals surface area contributed by atoms with Gasteiger partial charge in [0.15, 0.2) is 0 Å². The zero-order valence-electron chi connectivity index (χ0n) is 11.9. The van der Waals surface area contributed by atoms with Crippen LogP contribution in [0.25, 0.3) is 0 Å². The van der Waals surface area contributed by atoms with Gasteiger partial charge in [-0.05, 0) is 42.4 Å². The average Bonchev–Trinajstić information content (AvgIpc) is 2.37. The minimum atomic E-state index is 0.179. The maximum absolute atomic E-state index is 6.05. The maximum atomic E-state index is 6.05. The summed E-state index contributed by atoms with van der Waals surface area (Å²) in [5.74, 6) is 1.60. The van der Waals surface area contributed by atoms with Crippen LogP contribution in [-0.4, -0.2) is 13.1 Å². The lowest BCUT2D eigenvalue weighted by Gasteiger charge is -2.36. The summed E-state index contributed by atoms with van der Waals surface area (Å²) in [6.45, 7) is 9.20. The SMILES string of the molecule is CC[C@H](N)c1ccc(N2CC(C)CC(C)C2)cc1. The number of hydrogen-bond acceptors (Lipinski definition) is 2. The maximum Gasteiger partial charge on any atom is 0.0366 e. The first-order valence-corrected chi connectivity index (χ1v) is 7.20. The third kappa shape index (κ3) is 3.05. The Labute approximate surface area is 111 Å². The van der Waals surface area contributed by atoms with Crippen LogP contribution in [0.5, 0.6) is 0 Å².